The van der Waals surface area contributed by atoms with Gasteiger partial charge in [-0.05, 0) is 50.2 Å². The number of aromatic hydroxyl groups is 1. The minimum Gasteiger partial charge on any atom is -0.504 e. The molecule has 1 rings (SSSR count). The summed E-state index contributed by atoms with van der Waals surface area (Å²) in [6.45, 7) is 18.5. The van der Waals surface area contributed by atoms with E-state index in [2.05, 4.69) is 41.5 Å². The summed E-state index contributed by atoms with van der Waals surface area (Å²) in [4.78, 5) is 13.1. The molecular weight excluding hydrogens is 344 g/mol. The van der Waals surface area contributed by atoms with E-state index in [1.54, 1.807) is 13.0 Å². The van der Waals surface area contributed by atoms with Gasteiger partial charge in [-0.15, -0.1) is 0 Å². The highest BCUT2D eigenvalue weighted by atomic mass is 16.7. The lowest BCUT2D eigenvalue weighted by Crippen LogP contribution is -2.45. The molecule has 0 aromatic heterocycles. The lowest BCUT2D eigenvalue weighted by Gasteiger charge is -2.43. The van der Waals surface area contributed by atoms with E-state index in [1.807, 2.05) is 13.8 Å². The highest BCUT2D eigenvalue weighted by molar-refractivity contribution is 5.80. The van der Waals surface area contributed by atoms with E-state index in [1.165, 1.54) is 12.1 Å². The molecule has 0 bridgehead atoms. The third kappa shape index (κ3) is 6.42. The maximum absolute atomic E-state index is 13.1. The highest BCUT2D eigenvalue weighted by Crippen LogP contribution is 2.47. The van der Waals surface area contributed by atoms with Crippen molar-refractivity contribution >= 4 is 5.97 Å². The highest BCUT2D eigenvalue weighted by Gasteiger charge is 2.48. The van der Waals surface area contributed by atoms with E-state index >= 15 is 0 Å². The Morgan fingerprint density at radius 2 is 1.70 bits per heavy atom. The summed E-state index contributed by atoms with van der Waals surface area (Å²) >= 11 is 0. The van der Waals surface area contributed by atoms with Gasteiger partial charge in [0.25, 0.3) is 0 Å². The van der Waals surface area contributed by atoms with Crippen molar-refractivity contribution in [3.8, 4) is 17.2 Å². The number of esters is 1. The van der Waals surface area contributed by atoms with E-state index in [9.17, 15) is 9.90 Å². The fraction of sp³-hybridized carbons (Fsp3) is 0.682. The first-order chi connectivity index (χ1) is 12.2. The number of benzene rings is 1. The van der Waals surface area contributed by atoms with Crippen LogP contribution in [0.25, 0.3) is 0 Å². The summed E-state index contributed by atoms with van der Waals surface area (Å²) in [6.07, 6.45) is 0.165. The third-order valence-corrected chi connectivity index (χ3v) is 4.83. The van der Waals surface area contributed by atoms with Crippen LogP contribution in [0.2, 0.25) is 0 Å². The van der Waals surface area contributed by atoms with Crippen LogP contribution < -0.4 is 9.47 Å². The molecule has 0 heterocycles. The van der Waals surface area contributed by atoms with Crippen molar-refractivity contribution in [2.75, 3.05) is 6.61 Å². The average Bonchev–Trinajstić information content (AvgIpc) is 2.48. The smallest absolute Gasteiger partial charge is 0.317 e. The Kier molecular flexibility index (Phi) is 7.34. The number of carbonyl (C=O) groups is 1. The van der Waals surface area contributed by atoms with Crippen molar-refractivity contribution in [1.82, 2.24) is 0 Å². The van der Waals surface area contributed by atoms with Crippen molar-refractivity contribution < 1.29 is 24.1 Å². The summed E-state index contributed by atoms with van der Waals surface area (Å²) in [5, 5.41) is 10.0. The summed E-state index contributed by atoms with van der Waals surface area (Å²) in [6, 6.07) is 4.53. The SMILES string of the molecule is CCOC(C)Oc1cc(OC(=O)C(C)(CC(C)(C)C)C(C)(C)C)ccc1O. The van der Waals surface area contributed by atoms with Crippen LogP contribution in [0.15, 0.2) is 18.2 Å². The lowest BCUT2D eigenvalue weighted by molar-refractivity contribution is -0.154. The predicted octanol–water partition coefficient (Wildman–Crippen LogP) is 5.55. The molecule has 0 aliphatic heterocycles. The van der Waals surface area contributed by atoms with Crippen LogP contribution in [0.1, 0.15) is 68.7 Å². The Balaban J connectivity index is 3.09. The Labute approximate surface area is 164 Å². The molecule has 0 saturated heterocycles. The van der Waals surface area contributed by atoms with Crippen molar-refractivity contribution in [2.45, 2.75) is 75.0 Å². The number of rotatable bonds is 7. The van der Waals surface area contributed by atoms with Crippen molar-refractivity contribution in [3.05, 3.63) is 18.2 Å². The van der Waals surface area contributed by atoms with Crippen LogP contribution in [0.3, 0.4) is 0 Å². The Morgan fingerprint density at radius 1 is 1.11 bits per heavy atom. The molecule has 154 valence electrons. The number of phenolic OH excluding ortho intramolecular Hbond substituents is 1. The number of ether oxygens (including phenoxy) is 3. The van der Waals surface area contributed by atoms with Crippen molar-refractivity contribution in [3.63, 3.8) is 0 Å². The van der Waals surface area contributed by atoms with Crippen LogP contribution in [-0.4, -0.2) is 24.0 Å². The van der Waals surface area contributed by atoms with Crippen LogP contribution in [0.4, 0.5) is 0 Å². The van der Waals surface area contributed by atoms with Gasteiger partial charge >= 0.3 is 5.97 Å². The van der Waals surface area contributed by atoms with E-state index in [0.29, 0.717) is 18.8 Å². The van der Waals surface area contributed by atoms with Gasteiger partial charge in [-0.3, -0.25) is 4.79 Å². The summed E-state index contributed by atoms with van der Waals surface area (Å²) < 4.78 is 16.6. The molecule has 0 spiro atoms. The molecule has 0 saturated carbocycles. The second kappa shape index (κ2) is 8.51. The Hall–Kier alpha value is -1.75. The van der Waals surface area contributed by atoms with Gasteiger partial charge in [0.15, 0.2) is 17.8 Å². The van der Waals surface area contributed by atoms with Gasteiger partial charge in [-0.1, -0.05) is 41.5 Å². The number of hydrogen-bond acceptors (Lipinski definition) is 5. The van der Waals surface area contributed by atoms with Crippen LogP contribution in [-0.2, 0) is 9.53 Å². The van der Waals surface area contributed by atoms with Gasteiger partial charge in [-0.25, -0.2) is 0 Å². The average molecular weight is 381 g/mol. The molecule has 5 nitrogen and oxygen atoms in total. The fourth-order valence-corrected chi connectivity index (χ4v) is 3.02. The van der Waals surface area contributed by atoms with E-state index in [-0.39, 0.29) is 28.3 Å². The van der Waals surface area contributed by atoms with Gasteiger partial charge < -0.3 is 19.3 Å². The minimum atomic E-state index is -0.678. The molecule has 5 heteroatoms. The molecule has 1 aromatic carbocycles. The maximum Gasteiger partial charge on any atom is 0.317 e. The Bertz CT molecular complexity index is 639. The number of hydrogen-bond donors (Lipinski definition) is 1. The topological polar surface area (TPSA) is 65.0 Å². The van der Waals surface area contributed by atoms with Crippen molar-refractivity contribution in [1.29, 1.82) is 0 Å². The van der Waals surface area contributed by atoms with Gasteiger partial charge in [-0.2, -0.15) is 0 Å². The zero-order valence-corrected chi connectivity index (χ0v) is 18.3. The van der Waals surface area contributed by atoms with Gasteiger partial charge in [0.2, 0.25) is 0 Å². The maximum atomic E-state index is 13.1. The lowest BCUT2D eigenvalue weighted by atomic mass is 9.61. The molecule has 0 aliphatic rings. The third-order valence-electron chi connectivity index (χ3n) is 4.83. The molecule has 2 unspecified atom stereocenters. The summed E-state index contributed by atoms with van der Waals surface area (Å²) in [7, 11) is 0. The molecule has 2 atom stereocenters. The quantitative estimate of drug-likeness (QED) is 0.382. The molecule has 0 amide bonds. The Morgan fingerprint density at radius 3 is 2.19 bits per heavy atom. The fourth-order valence-electron chi connectivity index (χ4n) is 3.02. The monoisotopic (exact) mass is 380 g/mol. The predicted molar refractivity (Wildman–Crippen MR) is 107 cm³/mol. The summed E-state index contributed by atoms with van der Waals surface area (Å²) in [5.41, 5.74) is -0.989. The minimum absolute atomic E-state index is 0.0306. The number of phenols is 1. The molecule has 0 aliphatic carbocycles. The van der Waals surface area contributed by atoms with E-state index < -0.39 is 11.7 Å². The molecule has 1 aromatic rings. The zero-order chi connectivity index (χ0) is 21.0. The summed E-state index contributed by atoms with van der Waals surface area (Å²) in [5.74, 6) is 0.226. The van der Waals surface area contributed by atoms with E-state index in [4.69, 9.17) is 14.2 Å². The van der Waals surface area contributed by atoms with Gasteiger partial charge in [0.05, 0.1) is 5.41 Å². The van der Waals surface area contributed by atoms with Gasteiger partial charge in [0.1, 0.15) is 5.75 Å². The first-order valence-electron chi connectivity index (χ1n) is 9.53. The standard InChI is InChI=1S/C22H36O5/c1-10-25-15(2)26-18-13-16(11-12-17(18)23)27-19(24)22(9,21(6,7)8)14-20(3,4)5/h11-13,15,23H,10,14H2,1-9H3. The first-order valence-corrected chi connectivity index (χ1v) is 9.53. The molecule has 0 radical (unpaired) electrons. The number of carbonyl (C=O) groups excluding carboxylic acids is 1. The zero-order valence-electron chi connectivity index (χ0n) is 18.3. The van der Waals surface area contributed by atoms with Crippen LogP contribution in [0.5, 0.6) is 17.2 Å². The normalized spacial score (nSPS) is 15.7. The van der Waals surface area contributed by atoms with Crippen LogP contribution in [0, 0.1) is 16.2 Å². The van der Waals surface area contributed by atoms with Crippen molar-refractivity contribution in [2.24, 2.45) is 16.2 Å². The van der Waals surface area contributed by atoms with Crippen LogP contribution >= 0.6 is 0 Å². The van der Waals surface area contributed by atoms with Gasteiger partial charge in [0, 0.05) is 12.7 Å². The van der Waals surface area contributed by atoms with E-state index in [0.717, 1.165) is 0 Å². The largest absolute Gasteiger partial charge is 0.504 e. The second-order valence-electron chi connectivity index (χ2n) is 9.48. The molecule has 1 N–H and O–H groups in total. The second-order valence-corrected chi connectivity index (χ2v) is 9.48. The first kappa shape index (κ1) is 23.3. The molecule has 27 heavy (non-hydrogen) atoms. The molecule has 0 fully saturated rings. The molecular formula is C22H36O5.